The lowest BCUT2D eigenvalue weighted by Crippen LogP contribution is -2.66. The van der Waals surface area contributed by atoms with Crippen LogP contribution in [0.5, 0.6) is 0 Å². The Bertz CT molecular complexity index is 428. The van der Waals surface area contributed by atoms with E-state index in [1.807, 2.05) is 0 Å². The van der Waals surface area contributed by atoms with Gasteiger partial charge < -0.3 is 14.2 Å². The number of hydrogen-bond acceptors (Lipinski definition) is 5. The van der Waals surface area contributed by atoms with E-state index in [0.29, 0.717) is 26.1 Å². The average Bonchev–Trinajstić information content (AvgIpc) is 2.60. The molecule has 2 aliphatic heterocycles. The van der Waals surface area contributed by atoms with E-state index in [4.69, 9.17) is 14.2 Å². The van der Waals surface area contributed by atoms with Gasteiger partial charge in [-0.25, -0.2) is 4.79 Å². The molecule has 1 saturated carbocycles. The zero-order valence-corrected chi connectivity index (χ0v) is 15.9. The van der Waals surface area contributed by atoms with Crippen LogP contribution in [0.2, 0.25) is 0 Å². The summed E-state index contributed by atoms with van der Waals surface area (Å²) in [6.07, 6.45) is 10.6. The molecule has 0 aromatic carbocycles. The van der Waals surface area contributed by atoms with Crippen LogP contribution in [0.4, 0.5) is 0 Å². The Kier molecular flexibility index (Phi) is 8.20. The molecule has 0 N–H and O–H groups in total. The van der Waals surface area contributed by atoms with Gasteiger partial charge in [0.05, 0.1) is 25.2 Å². The molecule has 3 unspecified atom stereocenters. The highest BCUT2D eigenvalue weighted by atomic mass is 16.6. The molecule has 5 heteroatoms. The Hall–Kier alpha value is -1.10. The molecule has 0 aromatic rings. The first-order valence-corrected chi connectivity index (χ1v) is 10.2. The number of rotatable bonds is 12. The van der Waals surface area contributed by atoms with Crippen LogP contribution in [0.15, 0.2) is 0 Å². The summed E-state index contributed by atoms with van der Waals surface area (Å²) >= 11 is 0. The van der Waals surface area contributed by atoms with E-state index < -0.39 is 11.5 Å². The van der Waals surface area contributed by atoms with E-state index in [2.05, 4.69) is 13.8 Å². The summed E-state index contributed by atoms with van der Waals surface area (Å²) < 4.78 is 16.7. The third-order valence-electron chi connectivity index (χ3n) is 5.35. The van der Waals surface area contributed by atoms with Crippen molar-refractivity contribution in [3.63, 3.8) is 0 Å². The van der Waals surface area contributed by atoms with Crippen LogP contribution in [-0.4, -0.2) is 36.9 Å². The number of ether oxygens (including phenoxy) is 3. The third-order valence-corrected chi connectivity index (χ3v) is 5.35. The van der Waals surface area contributed by atoms with E-state index in [-0.39, 0.29) is 18.0 Å². The first-order valence-electron chi connectivity index (χ1n) is 10.2. The topological polar surface area (TPSA) is 61.8 Å². The molecule has 3 fully saturated rings. The maximum atomic E-state index is 12.6. The standard InChI is InChI=1S/C20H34O5/c1-3-5-7-9-13-23-18(21)17-12-11-16-15-20(17,25-16)19(22)24-14-10-8-6-4-2/h16-17H,3-15H2,1-2H3. The molecule has 2 saturated heterocycles. The summed E-state index contributed by atoms with van der Waals surface area (Å²) in [5.41, 5.74) is -1.08. The Balaban J connectivity index is 1.80. The lowest BCUT2D eigenvalue weighted by Gasteiger charge is -2.53. The Morgan fingerprint density at radius 3 is 2.12 bits per heavy atom. The van der Waals surface area contributed by atoms with Crippen LogP contribution >= 0.6 is 0 Å². The quantitative estimate of drug-likeness (QED) is 0.389. The monoisotopic (exact) mass is 354 g/mol. The Morgan fingerprint density at radius 2 is 1.52 bits per heavy atom. The lowest BCUT2D eigenvalue weighted by atomic mass is 9.69. The average molecular weight is 354 g/mol. The summed E-state index contributed by atoms with van der Waals surface area (Å²) in [5, 5.41) is 0. The van der Waals surface area contributed by atoms with Gasteiger partial charge in [-0.15, -0.1) is 0 Å². The van der Waals surface area contributed by atoms with Crippen molar-refractivity contribution in [3.8, 4) is 0 Å². The highest BCUT2D eigenvalue weighted by Gasteiger charge is 2.63. The maximum absolute atomic E-state index is 12.6. The molecule has 3 atom stereocenters. The SMILES string of the molecule is CCCCCCOC(=O)C1CCC2CC1(C(=O)OCCCCCC)O2. The van der Waals surface area contributed by atoms with Gasteiger partial charge in [-0.2, -0.15) is 0 Å². The summed E-state index contributed by atoms with van der Waals surface area (Å²) in [6.45, 7) is 5.14. The van der Waals surface area contributed by atoms with Crippen LogP contribution in [0.25, 0.3) is 0 Å². The number of unbranched alkanes of at least 4 members (excludes halogenated alkanes) is 6. The number of hydrogen-bond donors (Lipinski definition) is 0. The van der Waals surface area contributed by atoms with Crippen molar-refractivity contribution in [2.75, 3.05) is 13.2 Å². The van der Waals surface area contributed by atoms with Gasteiger partial charge in [0.15, 0.2) is 5.60 Å². The van der Waals surface area contributed by atoms with Gasteiger partial charge in [0.25, 0.3) is 0 Å². The molecule has 2 bridgehead atoms. The fourth-order valence-electron chi connectivity index (χ4n) is 3.80. The van der Waals surface area contributed by atoms with Crippen molar-refractivity contribution < 1.29 is 23.8 Å². The van der Waals surface area contributed by atoms with Gasteiger partial charge in [0, 0.05) is 6.42 Å². The van der Waals surface area contributed by atoms with E-state index >= 15 is 0 Å². The normalized spacial score (nSPS) is 27.4. The minimum Gasteiger partial charge on any atom is -0.465 e. The Labute approximate surface area is 151 Å². The second kappa shape index (κ2) is 10.1. The maximum Gasteiger partial charge on any atom is 0.339 e. The summed E-state index contributed by atoms with van der Waals surface area (Å²) in [5.74, 6) is -1.17. The molecule has 0 amide bonds. The predicted octanol–water partition coefficient (Wildman–Crippen LogP) is 4.17. The fraction of sp³-hybridized carbons (Fsp3) is 0.900. The number of carbonyl (C=O) groups is 2. The molecular formula is C20H34O5. The molecule has 3 aliphatic rings. The van der Waals surface area contributed by atoms with Gasteiger partial charge in [0.2, 0.25) is 0 Å². The molecule has 0 spiro atoms. The summed E-state index contributed by atoms with van der Waals surface area (Å²) in [4.78, 5) is 25.0. The fourth-order valence-corrected chi connectivity index (χ4v) is 3.80. The van der Waals surface area contributed by atoms with Gasteiger partial charge in [-0.1, -0.05) is 52.4 Å². The third kappa shape index (κ3) is 5.19. The van der Waals surface area contributed by atoms with Crippen molar-refractivity contribution >= 4 is 11.9 Å². The van der Waals surface area contributed by atoms with Crippen molar-refractivity contribution in [2.24, 2.45) is 5.92 Å². The van der Waals surface area contributed by atoms with Crippen molar-refractivity contribution in [1.82, 2.24) is 0 Å². The van der Waals surface area contributed by atoms with Crippen molar-refractivity contribution in [2.45, 2.75) is 96.2 Å². The highest BCUT2D eigenvalue weighted by molar-refractivity contribution is 5.89. The second-order valence-corrected chi connectivity index (χ2v) is 7.39. The van der Waals surface area contributed by atoms with Crippen LogP contribution < -0.4 is 0 Å². The molecular weight excluding hydrogens is 320 g/mol. The summed E-state index contributed by atoms with van der Waals surface area (Å²) in [6, 6.07) is 0. The molecule has 3 rings (SSSR count). The largest absolute Gasteiger partial charge is 0.465 e. The van der Waals surface area contributed by atoms with Crippen LogP contribution in [-0.2, 0) is 23.8 Å². The van der Waals surface area contributed by atoms with Crippen LogP contribution in [0.1, 0.15) is 84.5 Å². The number of esters is 2. The molecule has 144 valence electrons. The first kappa shape index (κ1) is 20.2. The first-order chi connectivity index (χ1) is 12.1. The lowest BCUT2D eigenvalue weighted by molar-refractivity contribution is -0.268. The van der Waals surface area contributed by atoms with E-state index in [0.717, 1.165) is 57.8 Å². The predicted molar refractivity (Wildman–Crippen MR) is 95.1 cm³/mol. The molecule has 5 nitrogen and oxygen atoms in total. The van der Waals surface area contributed by atoms with Gasteiger partial charge in [-0.05, 0) is 25.7 Å². The Morgan fingerprint density at radius 1 is 0.920 bits per heavy atom. The van der Waals surface area contributed by atoms with Gasteiger partial charge in [0.1, 0.15) is 0 Å². The van der Waals surface area contributed by atoms with E-state index in [1.54, 1.807) is 0 Å². The molecule has 2 heterocycles. The molecule has 1 aliphatic carbocycles. The second-order valence-electron chi connectivity index (χ2n) is 7.39. The molecule has 0 radical (unpaired) electrons. The number of carbonyl (C=O) groups excluding carboxylic acids is 2. The van der Waals surface area contributed by atoms with Crippen molar-refractivity contribution in [1.29, 1.82) is 0 Å². The zero-order valence-electron chi connectivity index (χ0n) is 15.9. The summed E-state index contributed by atoms with van der Waals surface area (Å²) in [7, 11) is 0. The smallest absolute Gasteiger partial charge is 0.339 e. The van der Waals surface area contributed by atoms with Gasteiger partial charge >= 0.3 is 11.9 Å². The molecule has 25 heavy (non-hydrogen) atoms. The minimum atomic E-state index is -1.08. The molecule has 0 aromatic heterocycles. The van der Waals surface area contributed by atoms with Crippen molar-refractivity contribution in [3.05, 3.63) is 0 Å². The zero-order chi connectivity index (χ0) is 18.1. The highest BCUT2D eigenvalue weighted by Crippen LogP contribution is 2.49. The van der Waals surface area contributed by atoms with Gasteiger partial charge in [-0.3, -0.25) is 4.79 Å². The number of fused-ring (bicyclic) bond motifs is 2. The van der Waals surface area contributed by atoms with E-state index in [9.17, 15) is 9.59 Å². The minimum absolute atomic E-state index is 0.0984. The van der Waals surface area contributed by atoms with E-state index in [1.165, 1.54) is 0 Å². The van der Waals surface area contributed by atoms with Crippen LogP contribution in [0, 0.1) is 5.92 Å². The van der Waals surface area contributed by atoms with Crippen LogP contribution in [0.3, 0.4) is 0 Å².